The van der Waals surface area contributed by atoms with E-state index in [9.17, 15) is 9.59 Å². The second-order valence-electron chi connectivity index (χ2n) is 5.55. The first kappa shape index (κ1) is 15.9. The molecule has 24 heavy (non-hydrogen) atoms. The van der Waals surface area contributed by atoms with Crippen molar-refractivity contribution in [2.75, 3.05) is 37.0 Å². The predicted molar refractivity (Wildman–Crippen MR) is 92.6 cm³/mol. The zero-order valence-corrected chi connectivity index (χ0v) is 13.4. The summed E-state index contributed by atoms with van der Waals surface area (Å²) in [5.74, 6) is 0.252. The largest absolute Gasteiger partial charge is 0.490 e. The Morgan fingerprint density at radius 1 is 1.17 bits per heavy atom. The third kappa shape index (κ3) is 3.65. The number of ether oxygens (including phenoxy) is 1. The van der Waals surface area contributed by atoms with Crippen LogP contribution < -0.4 is 20.3 Å². The highest BCUT2D eigenvalue weighted by Crippen LogP contribution is 2.33. The lowest BCUT2D eigenvalue weighted by Crippen LogP contribution is -2.33. The van der Waals surface area contributed by atoms with Gasteiger partial charge < -0.3 is 20.3 Å². The molecule has 2 N–H and O–H groups in total. The lowest BCUT2D eigenvalue weighted by Gasteiger charge is -2.28. The fourth-order valence-corrected chi connectivity index (χ4v) is 2.49. The van der Waals surface area contributed by atoms with E-state index < -0.39 is 0 Å². The van der Waals surface area contributed by atoms with Crippen molar-refractivity contribution in [3.05, 3.63) is 54.1 Å². The molecule has 0 atom stereocenters. The summed E-state index contributed by atoms with van der Waals surface area (Å²) >= 11 is 0. The fourth-order valence-electron chi connectivity index (χ4n) is 2.49. The molecule has 0 aliphatic carbocycles. The maximum absolute atomic E-state index is 12.0. The van der Waals surface area contributed by atoms with Gasteiger partial charge in [0, 0.05) is 18.3 Å². The minimum atomic E-state index is -0.279. The summed E-state index contributed by atoms with van der Waals surface area (Å²) in [5.41, 5.74) is 2.13. The lowest BCUT2D eigenvalue weighted by atomic mass is 10.2. The molecular formula is C18H19N3O3. The number of carbonyl (C=O) groups is 2. The van der Waals surface area contributed by atoms with Crippen LogP contribution in [0.5, 0.6) is 5.75 Å². The molecule has 1 heterocycles. The molecule has 2 aromatic carbocycles. The topological polar surface area (TPSA) is 70.7 Å². The molecule has 1 aliphatic heterocycles. The van der Waals surface area contributed by atoms with Gasteiger partial charge in [0.2, 0.25) is 5.91 Å². The molecule has 1 aliphatic rings. The summed E-state index contributed by atoms with van der Waals surface area (Å²) < 4.78 is 5.57. The Kier molecular flexibility index (Phi) is 4.65. The van der Waals surface area contributed by atoms with Crippen molar-refractivity contribution in [2.24, 2.45) is 0 Å². The van der Waals surface area contributed by atoms with E-state index in [2.05, 4.69) is 15.5 Å². The number of nitrogens with zero attached hydrogens (tertiary/aromatic N) is 1. The number of hydrogen-bond acceptors (Lipinski definition) is 4. The van der Waals surface area contributed by atoms with Crippen molar-refractivity contribution in [3.8, 4) is 5.75 Å². The van der Waals surface area contributed by atoms with Crippen LogP contribution in [-0.4, -0.2) is 38.6 Å². The predicted octanol–water partition coefficient (Wildman–Crippen LogP) is 1.88. The maximum atomic E-state index is 12.0. The third-order valence-corrected chi connectivity index (χ3v) is 3.78. The normalized spacial score (nSPS) is 12.8. The van der Waals surface area contributed by atoms with Gasteiger partial charge >= 0.3 is 0 Å². The van der Waals surface area contributed by atoms with E-state index in [1.54, 1.807) is 30.3 Å². The van der Waals surface area contributed by atoms with Gasteiger partial charge in [0.1, 0.15) is 12.4 Å². The number of rotatable bonds is 4. The molecule has 2 aromatic rings. The molecule has 0 unspecified atom stereocenters. The molecule has 3 rings (SSSR count). The van der Waals surface area contributed by atoms with Crippen LogP contribution >= 0.6 is 0 Å². The van der Waals surface area contributed by atoms with Gasteiger partial charge in [0.05, 0.1) is 18.8 Å². The van der Waals surface area contributed by atoms with Crippen molar-refractivity contribution >= 4 is 23.2 Å². The minimum Gasteiger partial charge on any atom is -0.490 e. The first-order chi connectivity index (χ1) is 11.6. The van der Waals surface area contributed by atoms with Crippen LogP contribution in [0.25, 0.3) is 0 Å². The number of anilines is 2. The van der Waals surface area contributed by atoms with E-state index in [0.29, 0.717) is 17.9 Å². The molecule has 0 saturated carbocycles. The third-order valence-electron chi connectivity index (χ3n) is 3.78. The van der Waals surface area contributed by atoms with Gasteiger partial charge in [-0.15, -0.1) is 0 Å². The highest BCUT2D eigenvalue weighted by Gasteiger charge is 2.16. The number of likely N-dealkylation sites (N-methyl/N-ethyl adjacent to an activating group) is 1. The van der Waals surface area contributed by atoms with Crippen molar-refractivity contribution in [1.29, 1.82) is 0 Å². The molecule has 0 saturated heterocycles. The van der Waals surface area contributed by atoms with E-state index in [1.807, 2.05) is 25.2 Å². The highest BCUT2D eigenvalue weighted by molar-refractivity contribution is 5.99. The SMILES string of the molecule is CN1CCOc2ccc(NC(=O)CNC(=O)c3ccccc3)cc21. The summed E-state index contributed by atoms with van der Waals surface area (Å²) in [7, 11) is 1.98. The van der Waals surface area contributed by atoms with Crippen LogP contribution in [0.1, 0.15) is 10.4 Å². The lowest BCUT2D eigenvalue weighted by molar-refractivity contribution is -0.115. The summed E-state index contributed by atoms with van der Waals surface area (Å²) in [5, 5.41) is 5.39. The second-order valence-corrected chi connectivity index (χ2v) is 5.55. The van der Waals surface area contributed by atoms with E-state index >= 15 is 0 Å². The molecular weight excluding hydrogens is 306 g/mol. The van der Waals surface area contributed by atoms with Gasteiger partial charge in [-0.1, -0.05) is 18.2 Å². The summed E-state index contributed by atoms with van der Waals surface area (Å²) in [6, 6.07) is 14.3. The molecule has 0 fully saturated rings. The molecule has 2 amide bonds. The minimum absolute atomic E-state index is 0.0862. The van der Waals surface area contributed by atoms with Gasteiger partial charge in [-0.25, -0.2) is 0 Å². The Morgan fingerprint density at radius 2 is 1.96 bits per heavy atom. The Morgan fingerprint density at radius 3 is 2.75 bits per heavy atom. The number of fused-ring (bicyclic) bond motifs is 1. The molecule has 124 valence electrons. The number of amides is 2. The number of hydrogen-bond donors (Lipinski definition) is 2. The van der Waals surface area contributed by atoms with Crippen LogP contribution in [0.3, 0.4) is 0 Å². The van der Waals surface area contributed by atoms with Crippen molar-refractivity contribution in [3.63, 3.8) is 0 Å². The number of benzene rings is 2. The Hall–Kier alpha value is -3.02. The zero-order valence-electron chi connectivity index (χ0n) is 13.4. The Balaban J connectivity index is 1.57. The average Bonchev–Trinajstić information content (AvgIpc) is 2.61. The monoisotopic (exact) mass is 325 g/mol. The van der Waals surface area contributed by atoms with E-state index in [4.69, 9.17) is 4.74 Å². The first-order valence-corrected chi connectivity index (χ1v) is 7.74. The quantitative estimate of drug-likeness (QED) is 0.900. The van der Waals surface area contributed by atoms with Crippen LogP contribution in [0, 0.1) is 0 Å². The van der Waals surface area contributed by atoms with Gasteiger partial charge in [0.25, 0.3) is 5.91 Å². The molecule has 0 spiro atoms. The first-order valence-electron chi connectivity index (χ1n) is 7.74. The molecule has 0 radical (unpaired) electrons. The Labute approximate surface area is 140 Å². The van der Waals surface area contributed by atoms with Gasteiger partial charge in [0.15, 0.2) is 0 Å². The molecule has 0 bridgehead atoms. The second kappa shape index (κ2) is 7.04. The smallest absolute Gasteiger partial charge is 0.251 e. The standard InChI is InChI=1S/C18H19N3O3/c1-21-9-10-24-16-8-7-14(11-15(16)21)20-17(22)12-19-18(23)13-5-3-2-4-6-13/h2-8,11H,9-10,12H2,1H3,(H,19,23)(H,20,22). The van der Waals surface area contributed by atoms with Crippen LogP contribution in [0.2, 0.25) is 0 Å². The number of nitrogens with one attached hydrogen (secondary N) is 2. The molecule has 0 aromatic heterocycles. The summed E-state index contributed by atoms with van der Waals surface area (Å²) in [6.07, 6.45) is 0. The fraction of sp³-hybridized carbons (Fsp3) is 0.222. The molecule has 6 nitrogen and oxygen atoms in total. The van der Waals surface area contributed by atoms with E-state index in [0.717, 1.165) is 18.0 Å². The van der Waals surface area contributed by atoms with Crippen molar-refractivity contribution in [2.45, 2.75) is 0 Å². The molecule has 6 heteroatoms. The van der Waals surface area contributed by atoms with E-state index in [-0.39, 0.29) is 18.4 Å². The van der Waals surface area contributed by atoms with Gasteiger partial charge in [-0.05, 0) is 30.3 Å². The zero-order chi connectivity index (χ0) is 16.9. The van der Waals surface area contributed by atoms with Crippen LogP contribution in [0.4, 0.5) is 11.4 Å². The summed E-state index contributed by atoms with van der Waals surface area (Å²) in [4.78, 5) is 26.0. The summed E-state index contributed by atoms with van der Waals surface area (Å²) in [6.45, 7) is 1.37. The van der Waals surface area contributed by atoms with Crippen molar-refractivity contribution in [1.82, 2.24) is 5.32 Å². The van der Waals surface area contributed by atoms with Crippen LogP contribution in [-0.2, 0) is 4.79 Å². The Bertz CT molecular complexity index is 746. The maximum Gasteiger partial charge on any atom is 0.251 e. The average molecular weight is 325 g/mol. The van der Waals surface area contributed by atoms with E-state index in [1.165, 1.54) is 0 Å². The van der Waals surface area contributed by atoms with Crippen LogP contribution in [0.15, 0.2) is 48.5 Å². The number of carbonyl (C=O) groups excluding carboxylic acids is 2. The van der Waals surface area contributed by atoms with Gasteiger partial charge in [-0.3, -0.25) is 9.59 Å². The van der Waals surface area contributed by atoms with Crippen molar-refractivity contribution < 1.29 is 14.3 Å². The highest BCUT2D eigenvalue weighted by atomic mass is 16.5. The van der Waals surface area contributed by atoms with Gasteiger partial charge in [-0.2, -0.15) is 0 Å².